The molecule has 0 spiro atoms. The van der Waals surface area contributed by atoms with Crippen molar-refractivity contribution in [1.82, 2.24) is 10.2 Å². The summed E-state index contributed by atoms with van der Waals surface area (Å²) in [5.41, 5.74) is 3.38. The molecule has 0 radical (unpaired) electrons. The Kier molecular flexibility index (Phi) is 9.94. The van der Waals surface area contributed by atoms with E-state index in [1.165, 1.54) is 16.3 Å². The van der Waals surface area contributed by atoms with Gasteiger partial charge in [-0.1, -0.05) is 42.8 Å². The number of likely N-dealkylation sites (N-methyl/N-ethyl adjacent to an activating group) is 1. The second-order valence-corrected chi connectivity index (χ2v) is 10.7. The van der Waals surface area contributed by atoms with Crippen molar-refractivity contribution >= 4 is 39.1 Å². The molecule has 0 heterocycles. The molecule has 0 bridgehead atoms. The van der Waals surface area contributed by atoms with E-state index in [1.807, 2.05) is 45.0 Å². The lowest BCUT2D eigenvalue weighted by Gasteiger charge is -2.31. The zero-order valence-electron chi connectivity index (χ0n) is 20.5. The highest BCUT2D eigenvalue weighted by atomic mass is 35.5. The normalized spacial score (nSPS) is 12.2. The molecule has 2 amide bonds. The van der Waals surface area contributed by atoms with Gasteiger partial charge in [0.2, 0.25) is 21.8 Å². The van der Waals surface area contributed by atoms with Gasteiger partial charge in [-0.25, -0.2) is 8.42 Å². The smallest absolute Gasteiger partial charge is 0.242 e. The second-order valence-electron chi connectivity index (χ2n) is 8.36. The van der Waals surface area contributed by atoms with Crippen molar-refractivity contribution in [2.75, 3.05) is 24.2 Å². The van der Waals surface area contributed by atoms with Crippen LogP contribution in [-0.4, -0.2) is 51.0 Å². The van der Waals surface area contributed by atoms with Crippen LogP contribution in [0.15, 0.2) is 42.5 Å². The van der Waals surface area contributed by atoms with E-state index in [-0.39, 0.29) is 31.3 Å². The Balaban J connectivity index is 2.21. The van der Waals surface area contributed by atoms with Crippen molar-refractivity contribution < 1.29 is 18.0 Å². The molecule has 0 aliphatic heterocycles. The molecule has 0 fully saturated rings. The molecular weight excluding hydrogens is 474 g/mol. The van der Waals surface area contributed by atoms with Crippen LogP contribution in [0.3, 0.4) is 0 Å². The highest BCUT2D eigenvalue weighted by Gasteiger charge is 2.28. The lowest BCUT2D eigenvalue weighted by Crippen LogP contribution is -2.48. The summed E-state index contributed by atoms with van der Waals surface area (Å²) in [4.78, 5) is 27.3. The van der Waals surface area contributed by atoms with Crippen molar-refractivity contribution in [3.63, 3.8) is 0 Å². The summed E-state index contributed by atoms with van der Waals surface area (Å²) in [7, 11) is -1.99. The van der Waals surface area contributed by atoms with Gasteiger partial charge < -0.3 is 10.2 Å². The van der Waals surface area contributed by atoms with Gasteiger partial charge in [0.05, 0.1) is 11.9 Å². The molecule has 2 aromatic rings. The molecule has 0 aromatic heterocycles. The Morgan fingerprint density at radius 3 is 2.32 bits per heavy atom. The lowest BCUT2D eigenvalue weighted by atomic mass is 10.1. The van der Waals surface area contributed by atoms with Crippen molar-refractivity contribution in [1.29, 1.82) is 0 Å². The number of aryl methyl sites for hydroxylation is 2. The number of anilines is 1. The number of halogens is 1. The number of hydrogen-bond donors (Lipinski definition) is 1. The van der Waals surface area contributed by atoms with E-state index < -0.39 is 16.1 Å². The number of carbonyl (C=O) groups is 2. The molecule has 2 rings (SSSR count). The molecule has 0 unspecified atom stereocenters. The number of hydrogen-bond acceptors (Lipinski definition) is 4. The molecule has 34 heavy (non-hydrogen) atoms. The maximum Gasteiger partial charge on any atom is 0.242 e. The van der Waals surface area contributed by atoms with E-state index in [9.17, 15) is 18.0 Å². The average molecular weight is 508 g/mol. The molecule has 0 saturated carbocycles. The van der Waals surface area contributed by atoms with E-state index in [2.05, 4.69) is 5.32 Å². The highest BCUT2D eigenvalue weighted by molar-refractivity contribution is 7.92. The van der Waals surface area contributed by atoms with Gasteiger partial charge in [0.1, 0.15) is 6.04 Å². The number of rotatable bonds is 11. The molecule has 1 atom stereocenters. The van der Waals surface area contributed by atoms with Crippen LogP contribution in [0.5, 0.6) is 0 Å². The molecule has 0 aliphatic carbocycles. The van der Waals surface area contributed by atoms with Crippen LogP contribution < -0.4 is 9.62 Å². The minimum Gasteiger partial charge on any atom is -0.357 e. The van der Waals surface area contributed by atoms with Crippen molar-refractivity contribution in [2.24, 2.45) is 0 Å². The van der Waals surface area contributed by atoms with E-state index in [0.717, 1.165) is 22.9 Å². The average Bonchev–Trinajstić information content (AvgIpc) is 2.78. The van der Waals surface area contributed by atoms with E-state index >= 15 is 0 Å². The molecular formula is C25H34ClN3O4S. The van der Waals surface area contributed by atoms with Gasteiger partial charge >= 0.3 is 0 Å². The van der Waals surface area contributed by atoms with Crippen LogP contribution in [0, 0.1) is 13.8 Å². The minimum absolute atomic E-state index is 0.0921. The quantitative estimate of drug-likeness (QED) is 0.497. The van der Waals surface area contributed by atoms with Gasteiger partial charge in [0.15, 0.2) is 0 Å². The Labute approximate surface area is 208 Å². The zero-order valence-corrected chi connectivity index (χ0v) is 22.0. The van der Waals surface area contributed by atoms with Gasteiger partial charge in [0, 0.05) is 31.6 Å². The maximum atomic E-state index is 13.3. The predicted molar refractivity (Wildman–Crippen MR) is 137 cm³/mol. The molecule has 2 aromatic carbocycles. The molecule has 0 aliphatic rings. The van der Waals surface area contributed by atoms with E-state index in [0.29, 0.717) is 23.6 Å². The van der Waals surface area contributed by atoms with Gasteiger partial charge in [-0.2, -0.15) is 0 Å². The number of sulfonamides is 1. The van der Waals surface area contributed by atoms with Gasteiger partial charge in [-0.15, -0.1) is 0 Å². The zero-order chi connectivity index (χ0) is 25.5. The van der Waals surface area contributed by atoms with Crippen molar-refractivity contribution in [3.8, 4) is 0 Å². The lowest BCUT2D eigenvalue weighted by molar-refractivity contribution is -0.141. The van der Waals surface area contributed by atoms with Crippen LogP contribution in [0.1, 0.15) is 42.9 Å². The Hall–Kier alpha value is -2.58. The summed E-state index contributed by atoms with van der Waals surface area (Å²) in [6, 6.07) is 12.0. The number of benzene rings is 2. The van der Waals surface area contributed by atoms with Crippen LogP contribution in [0.25, 0.3) is 0 Å². The van der Waals surface area contributed by atoms with Crippen LogP contribution in [0.4, 0.5) is 5.69 Å². The summed E-state index contributed by atoms with van der Waals surface area (Å²) in [6.07, 6.45) is 2.00. The number of nitrogens with one attached hydrogen (secondary N) is 1. The molecule has 1 N–H and O–H groups in total. The van der Waals surface area contributed by atoms with Crippen molar-refractivity contribution in [2.45, 2.75) is 52.6 Å². The standard InChI is InChI=1S/C25H34ClN3O4S/c1-6-23(25(31)27-4)28(17-20-10-7-8-11-22(20)26)24(30)12-9-15-29(34(5,32)33)21-14-13-18(2)19(3)16-21/h7-8,10-11,13-14,16,23H,6,9,12,15,17H2,1-5H3,(H,27,31)/t23-/m0/s1. The second kappa shape index (κ2) is 12.2. The molecule has 0 saturated heterocycles. The van der Waals surface area contributed by atoms with Gasteiger partial charge in [-0.05, 0) is 61.6 Å². The topological polar surface area (TPSA) is 86.8 Å². The minimum atomic E-state index is -3.53. The highest BCUT2D eigenvalue weighted by Crippen LogP contribution is 2.23. The summed E-state index contributed by atoms with van der Waals surface area (Å²) >= 11 is 6.31. The molecule has 7 nitrogen and oxygen atoms in total. The molecule has 9 heteroatoms. The predicted octanol–water partition coefficient (Wildman–Crippen LogP) is 4.06. The number of nitrogens with zero attached hydrogens (tertiary/aromatic N) is 2. The van der Waals surface area contributed by atoms with Crippen LogP contribution in [-0.2, 0) is 26.2 Å². The Morgan fingerprint density at radius 1 is 1.09 bits per heavy atom. The van der Waals surface area contributed by atoms with E-state index in [1.54, 1.807) is 18.2 Å². The summed E-state index contributed by atoms with van der Waals surface area (Å²) in [5, 5.41) is 3.14. The van der Waals surface area contributed by atoms with Gasteiger partial charge in [-0.3, -0.25) is 13.9 Å². The van der Waals surface area contributed by atoms with Crippen LogP contribution in [0.2, 0.25) is 5.02 Å². The van der Waals surface area contributed by atoms with Gasteiger partial charge in [0.25, 0.3) is 0 Å². The maximum absolute atomic E-state index is 13.3. The first-order valence-corrected chi connectivity index (χ1v) is 13.5. The SMILES string of the molecule is CC[C@@H](C(=O)NC)N(Cc1ccccc1Cl)C(=O)CCCN(c1ccc(C)c(C)c1)S(C)(=O)=O. The summed E-state index contributed by atoms with van der Waals surface area (Å²) < 4.78 is 26.2. The van der Waals surface area contributed by atoms with E-state index in [4.69, 9.17) is 11.6 Å². The fourth-order valence-corrected chi connectivity index (χ4v) is 4.93. The Bertz CT molecular complexity index is 1120. The first-order chi connectivity index (χ1) is 16.0. The first kappa shape index (κ1) is 27.7. The summed E-state index contributed by atoms with van der Waals surface area (Å²) in [6.45, 7) is 6.09. The third-order valence-corrected chi connectivity index (χ3v) is 7.42. The summed E-state index contributed by atoms with van der Waals surface area (Å²) in [5.74, 6) is -0.486. The third kappa shape index (κ3) is 7.21. The fourth-order valence-electron chi connectivity index (χ4n) is 3.78. The molecule has 186 valence electrons. The van der Waals surface area contributed by atoms with Crippen LogP contribution >= 0.6 is 11.6 Å². The fraction of sp³-hybridized carbons (Fsp3) is 0.440. The monoisotopic (exact) mass is 507 g/mol. The largest absolute Gasteiger partial charge is 0.357 e. The Morgan fingerprint density at radius 2 is 1.76 bits per heavy atom. The number of amides is 2. The van der Waals surface area contributed by atoms with Crippen molar-refractivity contribution in [3.05, 3.63) is 64.2 Å². The number of carbonyl (C=O) groups excluding carboxylic acids is 2. The third-order valence-electron chi connectivity index (χ3n) is 5.86. The first-order valence-electron chi connectivity index (χ1n) is 11.3.